The highest BCUT2D eigenvalue weighted by Gasteiger charge is 2.09. The maximum Gasteiger partial charge on any atom is 0.325 e. The monoisotopic (exact) mass is 306 g/mol. The quantitative estimate of drug-likeness (QED) is 0.634. The normalized spacial score (nSPS) is 14.0. The first-order valence-electron chi connectivity index (χ1n) is 5.50. The van der Waals surface area contributed by atoms with Crippen molar-refractivity contribution in [1.29, 1.82) is 5.26 Å². The highest BCUT2D eigenvalue weighted by Crippen LogP contribution is 2.25. The Morgan fingerprint density at radius 1 is 1.35 bits per heavy atom. The first-order valence-corrected chi connectivity index (χ1v) is 8.20. The summed E-state index contributed by atoms with van der Waals surface area (Å²) in [5.41, 5.74) is 1.67. The van der Waals surface area contributed by atoms with E-state index in [0.29, 0.717) is 11.3 Å². The van der Waals surface area contributed by atoms with Gasteiger partial charge in [0.05, 0.1) is 11.8 Å². The van der Waals surface area contributed by atoms with Crippen LogP contribution in [0, 0.1) is 11.3 Å². The van der Waals surface area contributed by atoms with Crippen LogP contribution in [-0.4, -0.2) is 20.4 Å². The van der Waals surface area contributed by atoms with Crippen molar-refractivity contribution in [3.63, 3.8) is 0 Å². The van der Waals surface area contributed by atoms with Gasteiger partial charge in [0.2, 0.25) is 0 Å². The molecule has 0 saturated carbocycles. The Morgan fingerprint density at radius 3 is 2.55 bits per heavy atom. The van der Waals surface area contributed by atoms with Gasteiger partial charge in [-0.3, -0.25) is 4.28 Å². The molecule has 1 aromatic rings. The van der Waals surface area contributed by atoms with Crippen LogP contribution in [0.5, 0.6) is 0 Å². The van der Waals surface area contributed by atoms with Gasteiger partial charge in [0.15, 0.2) is 0 Å². The van der Waals surface area contributed by atoms with Crippen molar-refractivity contribution >= 4 is 32.7 Å². The van der Waals surface area contributed by atoms with Gasteiger partial charge in [-0.1, -0.05) is 23.4 Å². The summed E-state index contributed by atoms with van der Waals surface area (Å²) in [5.74, 6) is 0. The molecule has 20 heavy (non-hydrogen) atoms. The Bertz CT molecular complexity index is 743. The van der Waals surface area contributed by atoms with Crippen LogP contribution in [0.1, 0.15) is 4.88 Å². The molecular formula is C13H10N2O3S2. The number of allylic oxidation sites excluding steroid dienone is 6. The van der Waals surface area contributed by atoms with Gasteiger partial charge in [0.1, 0.15) is 11.8 Å². The van der Waals surface area contributed by atoms with Crippen LogP contribution in [0.15, 0.2) is 52.5 Å². The van der Waals surface area contributed by atoms with Crippen molar-refractivity contribution in [2.45, 2.75) is 0 Å². The molecule has 0 atom stereocenters. The molecule has 0 amide bonds. The summed E-state index contributed by atoms with van der Waals surface area (Å²) < 4.78 is 26.0. The van der Waals surface area contributed by atoms with Gasteiger partial charge >= 0.3 is 10.1 Å². The molecule has 0 aromatic carbocycles. The SMILES string of the molecule is CS(=O)(=O)ON=C1C=CC(=C(C#N)c2cccs2)C=C1. The van der Waals surface area contributed by atoms with Gasteiger partial charge < -0.3 is 0 Å². The third-order valence-electron chi connectivity index (χ3n) is 2.31. The van der Waals surface area contributed by atoms with Crippen LogP contribution in [-0.2, 0) is 14.4 Å². The lowest BCUT2D eigenvalue weighted by Crippen LogP contribution is -2.01. The highest BCUT2D eigenvalue weighted by atomic mass is 32.2. The van der Waals surface area contributed by atoms with Crippen molar-refractivity contribution in [3.8, 4) is 6.07 Å². The minimum Gasteiger partial charge on any atom is -0.268 e. The van der Waals surface area contributed by atoms with Crippen LogP contribution in [0.25, 0.3) is 5.57 Å². The van der Waals surface area contributed by atoms with Crippen LogP contribution >= 0.6 is 11.3 Å². The van der Waals surface area contributed by atoms with Crippen molar-refractivity contribution in [2.75, 3.05) is 6.26 Å². The van der Waals surface area contributed by atoms with Gasteiger partial charge in [-0.2, -0.15) is 13.7 Å². The molecule has 0 aliphatic heterocycles. The fourth-order valence-electron chi connectivity index (χ4n) is 1.48. The van der Waals surface area contributed by atoms with Crippen LogP contribution in [0.4, 0.5) is 0 Å². The number of hydrogen-bond donors (Lipinski definition) is 0. The summed E-state index contributed by atoms with van der Waals surface area (Å²) in [7, 11) is -3.61. The maximum atomic E-state index is 10.8. The molecule has 0 radical (unpaired) electrons. The maximum absolute atomic E-state index is 10.8. The number of nitriles is 1. The minimum absolute atomic E-state index is 0.364. The summed E-state index contributed by atoms with van der Waals surface area (Å²) in [6.07, 6.45) is 7.49. The molecule has 1 aliphatic carbocycles. The summed E-state index contributed by atoms with van der Waals surface area (Å²) in [6, 6.07) is 5.91. The average molecular weight is 306 g/mol. The summed E-state index contributed by atoms with van der Waals surface area (Å²) in [5, 5.41) is 14.6. The van der Waals surface area contributed by atoms with Crippen molar-refractivity contribution in [2.24, 2.45) is 5.16 Å². The van der Waals surface area contributed by atoms with Crippen LogP contribution < -0.4 is 0 Å². The lowest BCUT2D eigenvalue weighted by Gasteiger charge is -2.04. The smallest absolute Gasteiger partial charge is 0.268 e. The van der Waals surface area contributed by atoms with E-state index in [0.717, 1.165) is 16.7 Å². The Balaban J connectivity index is 2.26. The zero-order valence-electron chi connectivity index (χ0n) is 10.5. The van der Waals surface area contributed by atoms with E-state index in [-0.39, 0.29) is 0 Å². The fraction of sp³-hybridized carbons (Fsp3) is 0.0769. The third kappa shape index (κ3) is 3.66. The van der Waals surface area contributed by atoms with Crippen molar-refractivity contribution in [1.82, 2.24) is 0 Å². The first-order chi connectivity index (χ1) is 9.49. The molecule has 5 nitrogen and oxygen atoms in total. The Kier molecular flexibility index (Phi) is 4.17. The second kappa shape index (κ2) is 5.86. The van der Waals surface area contributed by atoms with E-state index in [1.165, 1.54) is 11.3 Å². The molecule has 0 spiro atoms. The fourth-order valence-corrected chi connectivity index (χ4v) is 2.45. The highest BCUT2D eigenvalue weighted by molar-refractivity contribution is 7.85. The number of oxime groups is 1. The molecular weight excluding hydrogens is 296 g/mol. The zero-order chi connectivity index (χ0) is 14.6. The second-order valence-corrected chi connectivity index (χ2v) is 6.39. The third-order valence-corrected chi connectivity index (χ3v) is 3.55. The van der Waals surface area contributed by atoms with E-state index in [1.54, 1.807) is 24.3 Å². The summed E-state index contributed by atoms with van der Waals surface area (Å²) in [6.45, 7) is 0. The lowest BCUT2D eigenvalue weighted by molar-refractivity contribution is 0.344. The standard InChI is InChI=1S/C13H10N2O3S2/c1-20(16,17)18-15-11-6-4-10(5-7-11)12(9-14)13-3-2-8-19-13/h2-8H,1H3. The molecule has 102 valence electrons. The zero-order valence-corrected chi connectivity index (χ0v) is 12.1. The summed E-state index contributed by atoms with van der Waals surface area (Å²) in [4.78, 5) is 0.879. The number of thiophene rings is 1. The number of hydrogen-bond acceptors (Lipinski definition) is 6. The Labute approximate surface area is 120 Å². The van der Waals surface area contributed by atoms with E-state index in [1.807, 2.05) is 17.5 Å². The number of rotatable bonds is 3. The molecule has 0 bridgehead atoms. The van der Waals surface area contributed by atoms with E-state index in [9.17, 15) is 13.7 Å². The molecule has 0 unspecified atom stereocenters. The van der Waals surface area contributed by atoms with Crippen molar-refractivity contribution in [3.05, 3.63) is 52.3 Å². The van der Waals surface area contributed by atoms with Crippen LogP contribution in [0.2, 0.25) is 0 Å². The molecule has 0 N–H and O–H groups in total. The minimum atomic E-state index is -3.61. The first kappa shape index (κ1) is 14.2. The van der Waals surface area contributed by atoms with E-state index >= 15 is 0 Å². The number of nitrogens with zero attached hydrogens (tertiary/aromatic N) is 2. The van der Waals surface area contributed by atoms with Crippen LogP contribution in [0.3, 0.4) is 0 Å². The topological polar surface area (TPSA) is 79.5 Å². The molecule has 1 aliphatic rings. The molecule has 7 heteroatoms. The van der Waals surface area contributed by atoms with E-state index in [4.69, 9.17) is 0 Å². The average Bonchev–Trinajstić information content (AvgIpc) is 2.92. The van der Waals surface area contributed by atoms with Gasteiger partial charge in [-0.15, -0.1) is 11.3 Å². The van der Waals surface area contributed by atoms with E-state index < -0.39 is 10.1 Å². The Hall–Kier alpha value is -2.17. The largest absolute Gasteiger partial charge is 0.325 e. The molecule has 2 rings (SSSR count). The van der Waals surface area contributed by atoms with Crippen molar-refractivity contribution < 1.29 is 12.7 Å². The van der Waals surface area contributed by atoms with Gasteiger partial charge in [-0.05, 0) is 29.2 Å². The molecule has 1 aromatic heterocycles. The second-order valence-electron chi connectivity index (χ2n) is 3.88. The molecule has 0 fully saturated rings. The van der Waals surface area contributed by atoms with E-state index in [2.05, 4.69) is 15.5 Å². The predicted molar refractivity (Wildman–Crippen MR) is 78.5 cm³/mol. The van der Waals surface area contributed by atoms with Gasteiger partial charge in [-0.25, -0.2) is 0 Å². The lowest BCUT2D eigenvalue weighted by atomic mass is 10.0. The van der Waals surface area contributed by atoms with Gasteiger partial charge in [0.25, 0.3) is 0 Å². The molecule has 1 heterocycles. The summed E-state index contributed by atoms with van der Waals surface area (Å²) >= 11 is 1.48. The van der Waals surface area contributed by atoms with Gasteiger partial charge in [0, 0.05) is 4.88 Å². The Morgan fingerprint density at radius 2 is 2.05 bits per heavy atom. The molecule has 0 saturated heterocycles. The predicted octanol–water partition coefficient (Wildman–Crippen LogP) is 2.48.